The highest BCUT2D eigenvalue weighted by Crippen LogP contribution is 2.25. The van der Waals surface area contributed by atoms with E-state index in [0.29, 0.717) is 16.4 Å². The fraction of sp³-hybridized carbons (Fsp3) is 0.111. The van der Waals surface area contributed by atoms with E-state index in [4.69, 9.17) is 23.2 Å². The second-order valence-electron chi connectivity index (χ2n) is 2.86. The lowest BCUT2D eigenvalue weighted by molar-refractivity contribution is 0.100. The lowest BCUT2D eigenvalue weighted by atomic mass is 10.4. The summed E-state index contributed by atoms with van der Waals surface area (Å²) in [5.41, 5.74) is 0.570. The van der Waals surface area contributed by atoms with Crippen LogP contribution in [-0.2, 0) is 0 Å². The van der Waals surface area contributed by atoms with Crippen LogP contribution < -0.4 is 0 Å². The van der Waals surface area contributed by atoms with Gasteiger partial charge in [-0.25, -0.2) is 4.98 Å². The fourth-order valence-corrected chi connectivity index (χ4v) is 1.88. The van der Waals surface area contributed by atoms with Crippen LogP contribution in [-0.4, -0.2) is 15.2 Å². The van der Waals surface area contributed by atoms with Gasteiger partial charge in [-0.3, -0.25) is 9.20 Å². The first-order valence-electron chi connectivity index (χ1n) is 3.94. The number of carbonyl (C=O) groups is 1. The molecule has 0 aliphatic carbocycles. The number of hydrogen-bond acceptors (Lipinski definition) is 2. The number of imidazole rings is 1. The second kappa shape index (κ2) is 3.26. The summed E-state index contributed by atoms with van der Waals surface area (Å²) >= 11 is 11.8. The Kier molecular flexibility index (Phi) is 2.21. The zero-order chi connectivity index (χ0) is 10.3. The molecule has 2 heterocycles. The monoisotopic (exact) mass is 228 g/mol. The molecule has 2 aromatic heterocycles. The molecule has 0 saturated carbocycles. The van der Waals surface area contributed by atoms with Crippen LogP contribution in [0.2, 0.25) is 10.2 Å². The van der Waals surface area contributed by atoms with E-state index in [1.807, 2.05) is 0 Å². The third kappa shape index (κ3) is 1.29. The van der Waals surface area contributed by atoms with E-state index in [-0.39, 0.29) is 10.9 Å². The zero-order valence-electron chi connectivity index (χ0n) is 7.29. The van der Waals surface area contributed by atoms with E-state index in [9.17, 15) is 4.79 Å². The number of ketones is 1. The molecule has 2 aromatic rings. The van der Waals surface area contributed by atoms with Gasteiger partial charge in [0.1, 0.15) is 5.52 Å². The van der Waals surface area contributed by atoms with Crippen molar-refractivity contribution in [3.8, 4) is 0 Å². The summed E-state index contributed by atoms with van der Waals surface area (Å²) in [4.78, 5) is 15.1. The highest BCUT2D eigenvalue weighted by molar-refractivity contribution is 6.39. The first-order valence-corrected chi connectivity index (χ1v) is 4.70. The molecule has 0 atom stereocenters. The Morgan fingerprint density at radius 2 is 2.21 bits per heavy atom. The first kappa shape index (κ1) is 9.49. The molecule has 14 heavy (non-hydrogen) atoms. The Labute approximate surface area is 90.3 Å². The predicted molar refractivity (Wildman–Crippen MR) is 55.2 cm³/mol. The minimum absolute atomic E-state index is 0.144. The molecule has 0 amide bonds. The van der Waals surface area contributed by atoms with Crippen LogP contribution in [0.1, 0.15) is 17.5 Å². The molecule has 0 fully saturated rings. The van der Waals surface area contributed by atoms with E-state index in [1.165, 1.54) is 6.92 Å². The molecule has 0 aliphatic heterocycles. The Bertz CT molecular complexity index is 519. The normalized spacial score (nSPS) is 10.8. The Morgan fingerprint density at radius 3 is 2.86 bits per heavy atom. The van der Waals surface area contributed by atoms with Crippen LogP contribution in [0.15, 0.2) is 18.3 Å². The number of carbonyl (C=O) groups excluding carboxylic acids is 1. The molecule has 3 nitrogen and oxygen atoms in total. The minimum atomic E-state index is -0.144. The molecule has 2 rings (SSSR count). The van der Waals surface area contributed by atoms with E-state index in [0.717, 1.165) is 0 Å². The van der Waals surface area contributed by atoms with Crippen LogP contribution >= 0.6 is 23.2 Å². The third-order valence-corrected chi connectivity index (χ3v) is 2.46. The van der Waals surface area contributed by atoms with Crippen molar-refractivity contribution in [2.75, 3.05) is 0 Å². The van der Waals surface area contributed by atoms with E-state index < -0.39 is 0 Å². The van der Waals surface area contributed by atoms with Gasteiger partial charge >= 0.3 is 0 Å². The van der Waals surface area contributed by atoms with Crippen molar-refractivity contribution in [1.29, 1.82) is 0 Å². The maximum absolute atomic E-state index is 11.2. The Hall–Kier alpha value is -1.06. The summed E-state index contributed by atoms with van der Waals surface area (Å²) in [5, 5.41) is 0.735. The molecule has 0 unspecified atom stereocenters. The van der Waals surface area contributed by atoms with Crippen molar-refractivity contribution in [3.05, 3.63) is 34.3 Å². The van der Waals surface area contributed by atoms with Crippen LogP contribution in [0.3, 0.4) is 0 Å². The van der Waals surface area contributed by atoms with Gasteiger partial charge in [-0.1, -0.05) is 23.2 Å². The minimum Gasteiger partial charge on any atom is -0.294 e. The molecule has 72 valence electrons. The lowest BCUT2D eigenvalue weighted by Crippen LogP contribution is -1.99. The predicted octanol–water partition coefficient (Wildman–Crippen LogP) is 2.84. The summed E-state index contributed by atoms with van der Waals surface area (Å²) in [5.74, 6) is 0.154. The van der Waals surface area contributed by atoms with E-state index in [1.54, 1.807) is 22.7 Å². The smallest absolute Gasteiger partial charge is 0.195 e. The van der Waals surface area contributed by atoms with Crippen molar-refractivity contribution in [1.82, 2.24) is 9.38 Å². The highest BCUT2D eigenvalue weighted by atomic mass is 35.5. The van der Waals surface area contributed by atoms with Gasteiger partial charge < -0.3 is 0 Å². The zero-order valence-corrected chi connectivity index (χ0v) is 8.80. The number of nitrogens with zero attached hydrogens (tertiary/aromatic N) is 2. The van der Waals surface area contributed by atoms with Gasteiger partial charge in [0.25, 0.3) is 0 Å². The van der Waals surface area contributed by atoms with Gasteiger partial charge in [-0.2, -0.15) is 0 Å². The molecule has 0 aliphatic rings. The second-order valence-corrected chi connectivity index (χ2v) is 3.62. The summed E-state index contributed by atoms with van der Waals surface area (Å²) in [7, 11) is 0. The van der Waals surface area contributed by atoms with Crippen LogP contribution in [0.25, 0.3) is 5.52 Å². The van der Waals surface area contributed by atoms with E-state index >= 15 is 0 Å². The number of rotatable bonds is 1. The molecular formula is C9H6Cl2N2O. The standard InChI is InChI=1S/C9H6Cl2N2O/c1-5(14)9-12-8(11)7-6(10)3-2-4-13(7)9/h2-4H,1H3. The van der Waals surface area contributed by atoms with Crippen LogP contribution in [0, 0.1) is 0 Å². The average molecular weight is 229 g/mol. The topological polar surface area (TPSA) is 34.4 Å². The SMILES string of the molecule is CC(=O)c1nc(Cl)c2c(Cl)cccn12. The van der Waals surface area contributed by atoms with Gasteiger partial charge in [0.15, 0.2) is 16.8 Å². The lowest BCUT2D eigenvalue weighted by Gasteiger charge is -1.97. The molecule has 0 bridgehead atoms. The van der Waals surface area contributed by atoms with Crippen LogP contribution in [0.5, 0.6) is 0 Å². The van der Waals surface area contributed by atoms with Crippen LogP contribution in [0.4, 0.5) is 0 Å². The number of aromatic nitrogens is 2. The summed E-state index contributed by atoms with van der Waals surface area (Å²) in [6.45, 7) is 1.44. The van der Waals surface area contributed by atoms with Gasteiger partial charge in [0.05, 0.1) is 5.02 Å². The number of Topliss-reactive ketones (excluding diaryl/α,β-unsaturated/α-hetero) is 1. The molecule has 5 heteroatoms. The Balaban J connectivity index is 2.91. The molecule has 0 radical (unpaired) electrons. The van der Waals surface area contributed by atoms with Gasteiger partial charge in [0.2, 0.25) is 0 Å². The first-order chi connectivity index (χ1) is 6.61. The number of halogens is 2. The van der Waals surface area contributed by atoms with Gasteiger partial charge in [-0.15, -0.1) is 0 Å². The number of hydrogen-bond donors (Lipinski definition) is 0. The molecule has 0 aromatic carbocycles. The molecule has 0 N–H and O–H groups in total. The van der Waals surface area contributed by atoms with Crippen molar-refractivity contribution in [2.45, 2.75) is 6.92 Å². The van der Waals surface area contributed by atoms with Crippen molar-refractivity contribution in [3.63, 3.8) is 0 Å². The molecular weight excluding hydrogens is 223 g/mol. The fourth-order valence-electron chi connectivity index (χ4n) is 1.30. The van der Waals surface area contributed by atoms with Gasteiger partial charge in [-0.05, 0) is 12.1 Å². The molecule has 0 saturated heterocycles. The summed E-state index contributed by atoms with van der Waals surface area (Å²) in [6, 6.07) is 3.44. The summed E-state index contributed by atoms with van der Waals surface area (Å²) in [6.07, 6.45) is 1.71. The van der Waals surface area contributed by atoms with E-state index in [2.05, 4.69) is 4.98 Å². The van der Waals surface area contributed by atoms with Crippen molar-refractivity contribution >= 4 is 34.5 Å². The summed E-state index contributed by atoms with van der Waals surface area (Å²) < 4.78 is 1.59. The maximum atomic E-state index is 11.2. The number of pyridine rings is 1. The third-order valence-electron chi connectivity index (χ3n) is 1.89. The molecule has 0 spiro atoms. The van der Waals surface area contributed by atoms with Crippen molar-refractivity contribution in [2.24, 2.45) is 0 Å². The average Bonchev–Trinajstić information content (AvgIpc) is 2.45. The highest BCUT2D eigenvalue weighted by Gasteiger charge is 2.14. The maximum Gasteiger partial charge on any atom is 0.195 e. The van der Waals surface area contributed by atoms with Gasteiger partial charge in [0, 0.05) is 13.1 Å². The quantitative estimate of drug-likeness (QED) is 0.704. The largest absolute Gasteiger partial charge is 0.294 e. The number of fused-ring (bicyclic) bond motifs is 1. The Morgan fingerprint density at radius 1 is 1.50 bits per heavy atom. The van der Waals surface area contributed by atoms with Crippen molar-refractivity contribution < 1.29 is 4.79 Å².